The molecule has 1 aromatic rings. The van der Waals surface area contributed by atoms with Crippen LogP contribution in [0.1, 0.15) is 29.6 Å². The smallest absolute Gasteiger partial charge is 0.257 e. The Morgan fingerprint density at radius 1 is 1.30 bits per heavy atom. The zero-order valence-corrected chi connectivity index (χ0v) is 13.0. The first-order valence-corrected chi connectivity index (χ1v) is 8.73. The van der Waals surface area contributed by atoms with Crippen molar-refractivity contribution in [3.63, 3.8) is 0 Å². The number of nitrogens with zero attached hydrogens (tertiary/aromatic N) is 1. The lowest BCUT2D eigenvalue weighted by Gasteiger charge is -2.27. The molecule has 7 nitrogen and oxygen atoms in total. The van der Waals surface area contributed by atoms with Crippen molar-refractivity contribution in [1.82, 2.24) is 10.2 Å². The van der Waals surface area contributed by atoms with Crippen molar-refractivity contribution < 1.29 is 22.4 Å². The lowest BCUT2D eigenvalue weighted by atomic mass is 10.1. The number of primary sulfonamides is 1. The van der Waals surface area contributed by atoms with Crippen LogP contribution in [-0.2, 0) is 14.8 Å². The first-order valence-electron chi connectivity index (χ1n) is 7.19. The zero-order valence-electron chi connectivity index (χ0n) is 12.2. The SMILES string of the molecule is NS(=O)(=O)c1ccc(C(=O)N2C3CCC2CC(=O)NC3)c(F)c1. The number of benzene rings is 1. The Morgan fingerprint density at radius 2 is 2.00 bits per heavy atom. The van der Waals surface area contributed by atoms with Crippen molar-refractivity contribution in [2.45, 2.75) is 36.2 Å². The molecule has 0 aliphatic carbocycles. The number of hydrogen-bond acceptors (Lipinski definition) is 4. The van der Waals surface area contributed by atoms with Gasteiger partial charge in [0.15, 0.2) is 0 Å². The molecule has 2 heterocycles. The molecular formula is C14H16FN3O4S. The molecule has 2 unspecified atom stereocenters. The van der Waals surface area contributed by atoms with Gasteiger partial charge in [-0.2, -0.15) is 0 Å². The fraction of sp³-hybridized carbons (Fsp3) is 0.429. The molecule has 0 radical (unpaired) electrons. The van der Waals surface area contributed by atoms with Gasteiger partial charge >= 0.3 is 0 Å². The van der Waals surface area contributed by atoms with Crippen LogP contribution in [0.25, 0.3) is 0 Å². The quantitative estimate of drug-likeness (QED) is 0.787. The van der Waals surface area contributed by atoms with Gasteiger partial charge in [-0.25, -0.2) is 17.9 Å². The Hall–Kier alpha value is -2.00. The number of carbonyl (C=O) groups is 2. The Kier molecular flexibility index (Phi) is 3.85. The molecule has 9 heteroatoms. The summed E-state index contributed by atoms with van der Waals surface area (Å²) in [7, 11) is -4.03. The van der Waals surface area contributed by atoms with Gasteiger partial charge in [0.05, 0.1) is 10.5 Å². The second-order valence-corrected chi connectivity index (χ2v) is 7.35. The fourth-order valence-electron chi connectivity index (χ4n) is 3.20. The number of carbonyl (C=O) groups excluding carboxylic acids is 2. The van der Waals surface area contributed by atoms with Gasteiger partial charge in [0.25, 0.3) is 5.91 Å². The van der Waals surface area contributed by atoms with Gasteiger partial charge in [-0.15, -0.1) is 0 Å². The molecule has 1 aromatic carbocycles. The van der Waals surface area contributed by atoms with Crippen molar-refractivity contribution in [2.75, 3.05) is 6.54 Å². The zero-order chi connectivity index (χ0) is 16.8. The lowest BCUT2D eigenvalue weighted by molar-refractivity contribution is -0.121. The molecule has 2 aliphatic heterocycles. The number of halogens is 1. The summed E-state index contributed by atoms with van der Waals surface area (Å²) in [5.74, 6) is -1.60. The van der Waals surface area contributed by atoms with Crippen LogP contribution in [0.15, 0.2) is 23.1 Å². The van der Waals surface area contributed by atoms with E-state index in [-0.39, 0.29) is 34.9 Å². The van der Waals surface area contributed by atoms with E-state index in [0.717, 1.165) is 24.6 Å². The first kappa shape index (κ1) is 15.9. The van der Waals surface area contributed by atoms with Gasteiger partial charge in [0, 0.05) is 25.0 Å². The maximum absolute atomic E-state index is 14.2. The molecule has 2 atom stereocenters. The van der Waals surface area contributed by atoms with Crippen molar-refractivity contribution in [2.24, 2.45) is 5.14 Å². The van der Waals surface area contributed by atoms with Crippen LogP contribution in [-0.4, -0.2) is 43.8 Å². The number of hydrogen-bond donors (Lipinski definition) is 2. The molecule has 23 heavy (non-hydrogen) atoms. The van der Waals surface area contributed by atoms with Crippen LogP contribution < -0.4 is 10.5 Å². The molecule has 3 N–H and O–H groups in total. The van der Waals surface area contributed by atoms with E-state index in [1.807, 2.05) is 0 Å². The molecule has 2 amide bonds. The average molecular weight is 341 g/mol. The summed E-state index contributed by atoms with van der Waals surface area (Å²) in [5, 5.41) is 7.68. The van der Waals surface area contributed by atoms with E-state index < -0.39 is 21.7 Å². The van der Waals surface area contributed by atoms with E-state index in [2.05, 4.69) is 5.32 Å². The molecule has 2 saturated heterocycles. The lowest BCUT2D eigenvalue weighted by Crippen LogP contribution is -2.42. The van der Waals surface area contributed by atoms with E-state index in [4.69, 9.17) is 5.14 Å². The number of rotatable bonds is 2. The first-order chi connectivity index (χ1) is 10.8. The summed E-state index contributed by atoms with van der Waals surface area (Å²) >= 11 is 0. The molecule has 2 fully saturated rings. The van der Waals surface area contributed by atoms with Crippen LogP contribution >= 0.6 is 0 Å². The summed E-state index contributed by atoms with van der Waals surface area (Å²) in [4.78, 5) is 25.4. The number of sulfonamides is 1. The summed E-state index contributed by atoms with van der Waals surface area (Å²) in [6.07, 6.45) is 1.63. The van der Waals surface area contributed by atoms with E-state index in [1.54, 1.807) is 0 Å². The van der Waals surface area contributed by atoms with Gasteiger partial charge in [-0.1, -0.05) is 0 Å². The van der Waals surface area contributed by atoms with Crippen LogP contribution in [0, 0.1) is 5.82 Å². The minimum Gasteiger partial charge on any atom is -0.354 e. The summed E-state index contributed by atoms with van der Waals surface area (Å²) < 4.78 is 36.7. The maximum Gasteiger partial charge on any atom is 0.257 e. The number of fused-ring (bicyclic) bond motifs is 2. The molecule has 124 valence electrons. The Morgan fingerprint density at radius 3 is 2.65 bits per heavy atom. The highest BCUT2D eigenvalue weighted by Gasteiger charge is 2.41. The van der Waals surface area contributed by atoms with Crippen LogP contribution in [0.4, 0.5) is 4.39 Å². The predicted molar refractivity (Wildman–Crippen MR) is 78.4 cm³/mol. The topological polar surface area (TPSA) is 110 Å². The molecule has 0 aromatic heterocycles. The molecule has 3 rings (SSSR count). The highest BCUT2D eigenvalue weighted by molar-refractivity contribution is 7.89. The van der Waals surface area contributed by atoms with Gasteiger partial charge in [-0.05, 0) is 31.0 Å². The van der Waals surface area contributed by atoms with Crippen molar-refractivity contribution in [3.05, 3.63) is 29.6 Å². The van der Waals surface area contributed by atoms with Crippen molar-refractivity contribution in [1.29, 1.82) is 0 Å². The van der Waals surface area contributed by atoms with E-state index >= 15 is 0 Å². The predicted octanol–water partition coefficient (Wildman–Crippen LogP) is -0.0338. The van der Waals surface area contributed by atoms with E-state index in [9.17, 15) is 22.4 Å². The highest BCUT2D eigenvalue weighted by atomic mass is 32.2. The Labute approximate surface area is 132 Å². The van der Waals surface area contributed by atoms with E-state index in [0.29, 0.717) is 13.0 Å². The average Bonchev–Trinajstić information content (AvgIpc) is 2.77. The molecule has 0 saturated carbocycles. The minimum atomic E-state index is -4.03. The molecule has 2 aliphatic rings. The molecule has 0 spiro atoms. The number of nitrogens with one attached hydrogen (secondary N) is 1. The second-order valence-electron chi connectivity index (χ2n) is 5.79. The third-order valence-corrected chi connectivity index (χ3v) is 5.22. The van der Waals surface area contributed by atoms with Crippen LogP contribution in [0.2, 0.25) is 0 Å². The highest BCUT2D eigenvalue weighted by Crippen LogP contribution is 2.30. The third-order valence-electron chi connectivity index (χ3n) is 4.31. The van der Waals surface area contributed by atoms with Gasteiger partial charge in [0.1, 0.15) is 5.82 Å². The number of nitrogens with two attached hydrogens (primary N) is 1. The largest absolute Gasteiger partial charge is 0.354 e. The van der Waals surface area contributed by atoms with Gasteiger partial charge in [-0.3, -0.25) is 9.59 Å². The van der Waals surface area contributed by atoms with Crippen molar-refractivity contribution in [3.8, 4) is 0 Å². The van der Waals surface area contributed by atoms with Gasteiger partial charge < -0.3 is 10.2 Å². The molecular weight excluding hydrogens is 325 g/mol. The monoisotopic (exact) mass is 341 g/mol. The summed E-state index contributed by atoms with van der Waals surface area (Å²) in [6, 6.07) is 2.54. The maximum atomic E-state index is 14.2. The third kappa shape index (κ3) is 2.93. The normalized spacial score (nSPS) is 24.3. The summed E-state index contributed by atoms with van der Waals surface area (Å²) in [5.41, 5.74) is -0.219. The fourth-order valence-corrected chi connectivity index (χ4v) is 3.72. The van der Waals surface area contributed by atoms with Crippen LogP contribution in [0.5, 0.6) is 0 Å². The van der Waals surface area contributed by atoms with Crippen molar-refractivity contribution >= 4 is 21.8 Å². The molecule has 2 bridgehead atoms. The van der Waals surface area contributed by atoms with E-state index in [1.165, 1.54) is 4.90 Å². The summed E-state index contributed by atoms with van der Waals surface area (Å²) in [6.45, 7) is 0.345. The van der Waals surface area contributed by atoms with Crippen LogP contribution in [0.3, 0.4) is 0 Å². The van der Waals surface area contributed by atoms with Gasteiger partial charge in [0.2, 0.25) is 15.9 Å². The minimum absolute atomic E-state index is 0.125. The Balaban J connectivity index is 1.93. The number of amides is 2. The standard InChI is InChI=1S/C14H16FN3O4S/c15-12-6-10(23(16,21)22)3-4-11(12)14(20)18-8-1-2-9(18)7-17-13(19)5-8/h3-4,6,8-9H,1-2,5,7H2,(H,17,19)(H2,16,21,22). The Bertz CT molecular complexity index is 780. The second kappa shape index (κ2) is 5.57.